The van der Waals surface area contributed by atoms with E-state index in [0.717, 1.165) is 13.0 Å². The van der Waals surface area contributed by atoms with E-state index in [9.17, 15) is 14.0 Å². The number of hydrogen-bond acceptors (Lipinski definition) is 2. The van der Waals surface area contributed by atoms with Gasteiger partial charge in [0.15, 0.2) is 12.3 Å². The molecule has 6 heteroatoms. The number of carbonyl (C=O) groups is 2. The maximum Gasteiger partial charge on any atom is 0.279 e. The van der Waals surface area contributed by atoms with Crippen molar-refractivity contribution in [3.8, 4) is 0 Å². The topological polar surface area (TPSA) is 46.2 Å². The van der Waals surface area contributed by atoms with E-state index in [-0.39, 0.29) is 29.9 Å². The van der Waals surface area contributed by atoms with Crippen molar-refractivity contribution in [2.45, 2.75) is 71.1 Å². The van der Waals surface area contributed by atoms with Gasteiger partial charge in [0.05, 0.1) is 20.6 Å². The third-order valence-electron chi connectivity index (χ3n) is 6.46. The van der Waals surface area contributed by atoms with Crippen LogP contribution in [0, 0.1) is 5.82 Å². The Morgan fingerprint density at radius 1 is 0.838 bits per heavy atom. The Bertz CT molecular complexity index is 973. The van der Waals surface area contributed by atoms with E-state index in [4.69, 9.17) is 0 Å². The molecule has 0 aromatic heterocycles. The fourth-order valence-corrected chi connectivity index (χ4v) is 4.29. The molecule has 37 heavy (non-hydrogen) atoms. The highest BCUT2D eigenvalue weighted by Crippen LogP contribution is 2.14. The van der Waals surface area contributed by atoms with Crippen LogP contribution in [0.3, 0.4) is 0 Å². The molecule has 0 spiro atoms. The van der Waals surface area contributed by atoms with E-state index in [1.807, 2.05) is 0 Å². The minimum Gasteiger partial charge on any atom is -1.00 e. The normalized spacial score (nSPS) is 11.4. The zero-order chi connectivity index (χ0) is 26.2. The first kappa shape index (κ1) is 32.5. The second-order valence-corrected chi connectivity index (χ2v) is 10.3. The first-order chi connectivity index (χ1) is 17.3. The highest BCUT2D eigenvalue weighted by atomic mass is 35.5. The Morgan fingerprint density at radius 3 is 2.00 bits per heavy atom. The Morgan fingerprint density at radius 2 is 1.41 bits per heavy atom. The Balaban J connectivity index is 0.00000684. The molecule has 0 aliphatic heterocycles. The van der Waals surface area contributed by atoms with Crippen molar-refractivity contribution in [2.75, 3.05) is 32.5 Å². The van der Waals surface area contributed by atoms with Gasteiger partial charge in [0, 0.05) is 16.8 Å². The lowest BCUT2D eigenvalue weighted by Crippen LogP contribution is -3.00. The van der Waals surface area contributed by atoms with Gasteiger partial charge in [-0.3, -0.25) is 9.59 Å². The van der Waals surface area contributed by atoms with E-state index in [1.54, 1.807) is 42.5 Å². The van der Waals surface area contributed by atoms with Gasteiger partial charge in [-0.05, 0) is 55.3 Å². The van der Waals surface area contributed by atoms with Gasteiger partial charge < -0.3 is 22.2 Å². The predicted octanol–water partition coefficient (Wildman–Crippen LogP) is 4.66. The molecule has 0 aliphatic carbocycles. The van der Waals surface area contributed by atoms with Gasteiger partial charge in [-0.2, -0.15) is 0 Å². The number of anilines is 1. The van der Waals surface area contributed by atoms with Crippen molar-refractivity contribution in [3.05, 3.63) is 71.6 Å². The maximum absolute atomic E-state index is 13.7. The van der Waals surface area contributed by atoms with Crippen LogP contribution >= 0.6 is 0 Å². The molecule has 0 atom stereocenters. The number of unbranched alkanes of at least 4 members (excludes halogenated alkanes) is 9. The Hall–Kier alpha value is -2.50. The first-order valence-corrected chi connectivity index (χ1v) is 13.5. The van der Waals surface area contributed by atoms with Crippen LogP contribution < -0.4 is 17.7 Å². The van der Waals surface area contributed by atoms with Crippen molar-refractivity contribution in [3.63, 3.8) is 0 Å². The summed E-state index contributed by atoms with van der Waals surface area (Å²) in [4.78, 5) is 25.0. The molecule has 204 valence electrons. The molecule has 0 aliphatic rings. The van der Waals surface area contributed by atoms with Crippen LogP contribution in [0.4, 0.5) is 10.1 Å². The van der Waals surface area contributed by atoms with Gasteiger partial charge in [-0.1, -0.05) is 76.5 Å². The molecule has 2 aromatic rings. The van der Waals surface area contributed by atoms with E-state index < -0.39 is 0 Å². The van der Waals surface area contributed by atoms with Crippen LogP contribution in [-0.4, -0.2) is 43.4 Å². The van der Waals surface area contributed by atoms with E-state index >= 15 is 0 Å². The number of quaternary nitrogens is 1. The SMILES string of the molecule is CCCCCCCCCCCC[N+](C)(C)CC(=O)Nc1ccc(C(=O)/C=C/c2ccccc2F)cc1.[Cl-]. The number of halogens is 2. The van der Waals surface area contributed by atoms with Crippen LogP contribution in [0.15, 0.2) is 54.6 Å². The minimum atomic E-state index is -0.367. The highest BCUT2D eigenvalue weighted by molar-refractivity contribution is 6.07. The molecular formula is C31H44ClFN2O2. The predicted molar refractivity (Wildman–Crippen MR) is 149 cm³/mol. The van der Waals surface area contributed by atoms with Crippen molar-refractivity contribution in [1.29, 1.82) is 0 Å². The van der Waals surface area contributed by atoms with E-state index in [0.29, 0.717) is 27.8 Å². The van der Waals surface area contributed by atoms with Crippen LogP contribution in [0.25, 0.3) is 6.08 Å². The quantitative estimate of drug-likeness (QED) is 0.140. The number of nitrogens with one attached hydrogen (secondary N) is 1. The van der Waals surface area contributed by atoms with Gasteiger partial charge in [-0.15, -0.1) is 0 Å². The zero-order valence-corrected chi connectivity index (χ0v) is 23.5. The van der Waals surface area contributed by atoms with Crippen molar-refractivity contribution in [1.82, 2.24) is 0 Å². The van der Waals surface area contributed by atoms with Crippen molar-refractivity contribution in [2.24, 2.45) is 0 Å². The molecule has 0 bridgehead atoms. The van der Waals surface area contributed by atoms with Gasteiger partial charge in [0.25, 0.3) is 5.91 Å². The summed E-state index contributed by atoms with van der Waals surface area (Å²) in [6, 6.07) is 13.1. The fourth-order valence-electron chi connectivity index (χ4n) is 4.29. The van der Waals surface area contributed by atoms with Crippen LogP contribution in [-0.2, 0) is 4.79 Å². The summed E-state index contributed by atoms with van der Waals surface area (Å²) in [6.45, 7) is 3.64. The standard InChI is InChI=1S/C31H43FN2O2.ClH/c1-4-5-6-7-8-9-10-11-12-15-24-34(2,3)25-31(36)33-28-21-18-27(19-22-28)30(35)23-20-26-16-13-14-17-29(26)32;/h13-14,16-23H,4-12,15,24-25H2,1-3H3;1H/b23-20+;. The van der Waals surface area contributed by atoms with Crippen LogP contribution in [0.1, 0.15) is 87.1 Å². The smallest absolute Gasteiger partial charge is 0.279 e. The molecule has 0 radical (unpaired) electrons. The van der Waals surface area contributed by atoms with Gasteiger partial charge >= 0.3 is 0 Å². The molecule has 2 aromatic carbocycles. The van der Waals surface area contributed by atoms with Gasteiger partial charge in [0.2, 0.25) is 0 Å². The average Bonchev–Trinajstić information content (AvgIpc) is 2.84. The number of allylic oxidation sites excluding steroid dienone is 1. The largest absolute Gasteiger partial charge is 1.00 e. The van der Waals surface area contributed by atoms with Crippen molar-refractivity contribution < 1.29 is 30.9 Å². The Labute approximate surface area is 229 Å². The molecule has 0 heterocycles. The average molecular weight is 531 g/mol. The number of ketones is 1. The second kappa shape index (κ2) is 17.9. The summed E-state index contributed by atoms with van der Waals surface area (Å²) in [5.41, 5.74) is 1.51. The lowest BCUT2D eigenvalue weighted by Gasteiger charge is -2.29. The van der Waals surface area contributed by atoms with E-state index in [2.05, 4.69) is 26.3 Å². The number of likely N-dealkylation sites (N-methyl/N-ethyl adjacent to an activating group) is 1. The number of rotatable bonds is 17. The summed E-state index contributed by atoms with van der Waals surface area (Å²) in [6.07, 6.45) is 15.9. The molecule has 1 N–H and O–H groups in total. The molecule has 0 saturated heterocycles. The molecule has 0 fully saturated rings. The summed E-state index contributed by atoms with van der Waals surface area (Å²) in [5.74, 6) is -0.620. The van der Waals surface area contributed by atoms with Gasteiger partial charge in [0.1, 0.15) is 5.82 Å². The number of nitrogens with zero attached hydrogens (tertiary/aromatic N) is 1. The second-order valence-electron chi connectivity index (χ2n) is 10.3. The molecule has 2 rings (SSSR count). The van der Waals surface area contributed by atoms with Crippen molar-refractivity contribution >= 4 is 23.5 Å². The third kappa shape index (κ3) is 13.6. The van der Waals surface area contributed by atoms with E-state index in [1.165, 1.54) is 76.0 Å². The number of carbonyl (C=O) groups excluding carboxylic acids is 2. The monoisotopic (exact) mass is 530 g/mol. The summed E-state index contributed by atoms with van der Waals surface area (Å²) >= 11 is 0. The summed E-state index contributed by atoms with van der Waals surface area (Å²) < 4.78 is 14.4. The number of hydrogen-bond donors (Lipinski definition) is 1. The molecule has 1 amide bonds. The summed E-state index contributed by atoms with van der Waals surface area (Å²) in [5, 5.41) is 2.94. The summed E-state index contributed by atoms with van der Waals surface area (Å²) in [7, 11) is 4.19. The van der Waals surface area contributed by atoms with Gasteiger partial charge in [-0.25, -0.2) is 4.39 Å². The zero-order valence-electron chi connectivity index (χ0n) is 22.8. The molecule has 0 saturated carbocycles. The fraction of sp³-hybridized carbons (Fsp3) is 0.484. The molecular weight excluding hydrogens is 487 g/mol. The highest BCUT2D eigenvalue weighted by Gasteiger charge is 2.19. The third-order valence-corrected chi connectivity index (χ3v) is 6.46. The first-order valence-electron chi connectivity index (χ1n) is 13.5. The number of amides is 1. The number of benzene rings is 2. The lowest BCUT2D eigenvalue weighted by atomic mass is 10.1. The maximum atomic E-state index is 13.7. The Kier molecular flexibility index (Phi) is 15.7. The molecule has 4 nitrogen and oxygen atoms in total. The molecule has 0 unspecified atom stereocenters. The van der Waals surface area contributed by atoms with Crippen LogP contribution in [0.5, 0.6) is 0 Å². The lowest BCUT2D eigenvalue weighted by molar-refractivity contribution is -0.882. The van der Waals surface area contributed by atoms with Crippen LogP contribution in [0.2, 0.25) is 0 Å². The minimum absolute atomic E-state index is 0.